The van der Waals surface area contributed by atoms with Gasteiger partial charge in [-0.2, -0.15) is 0 Å². The number of rotatable bonds is 5. The van der Waals surface area contributed by atoms with Gasteiger partial charge in [0.05, 0.1) is 0 Å². The summed E-state index contributed by atoms with van der Waals surface area (Å²) in [6.07, 6.45) is 5.33. The zero-order valence-corrected chi connectivity index (χ0v) is 17.6. The fourth-order valence-electron chi connectivity index (χ4n) is 2.16. The van der Waals surface area contributed by atoms with Crippen LogP contribution < -0.4 is 0 Å². The highest BCUT2D eigenvalue weighted by molar-refractivity contribution is 4.58. The van der Waals surface area contributed by atoms with Crippen LogP contribution in [0.4, 0.5) is 0 Å². The third kappa shape index (κ3) is 33.1. The first-order chi connectivity index (χ1) is 9.37. The van der Waals surface area contributed by atoms with Gasteiger partial charge in [-0.25, -0.2) is 0 Å². The van der Waals surface area contributed by atoms with Crippen molar-refractivity contribution >= 4 is 0 Å². The quantitative estimate of drug-likeness (QED) is 0.480. The summed E-state index contributed by atoms with van der Waals surface area (Å²) in [6, 6.07) is 0. The highest BCUT2D eigenvalue weighted by atomic mass is 14.1. The highest BCUT2D eigenvalue weighted by Crippen LogP contribution is 2.19. The van der Waals surface area contributed by atoms with E-state index < -0.39 is 0 Å². The topological polar surface area (TPSA) is 0 Å². The molecule has 0 rings (SSSR count). The second-order valence-corrected chi connectivity index (χ2v) is 8.96. The molecule has 0 saturated heterocycles. The van der Waals surface area contributed by atoms with Crippen molar-refractivity contribution in [2.75, 3.05) is 0 Å². The zero-order chi connectivity index (χ0) is 17.6. The minimum Gasteiger partial charge on any atom is -0.0654 e. The van der Waals surface area contributed by atoms with Crippen LogP contribution in [0.3, 0.4) is 0 Å². The van der Waals surface area contributed by atoms with Gasteiger partial charge in [-0.3, -0.25) is 0 Å². The first-order valence-corrected chi connectivity index (χ1v) is 9.37. The lowest BCUT2D eigenvalue weighted by Crippen LogP contribution is -2.02. The van der Waals surface area contributed by atoms with Crippen LogP contribution in [0.2, 0.25) is 0 Å². The van der Waals surface area contributed by atoms with Gasteiger partial charge in [-0.1, -0.05) is 95.9 Å². The van der Waals surface area contributed by atoms with E-state index in [1.807, 2.05) is 0 Å². The van der Waals surface area contributed by atoms with Gasteiger partial charge in [0, 0.05) is 0 Å². The third-order valence-corrected chi connectivity index (χ3v) is 3.72. The van der Waals surface area contributed by atoms with Crippen molar-refractivity contribution in [1.29, 1.82) is 0 Å². The molecule has 1 atom stereocenters. The minimum atomic E-state index is 0.550. The highest BCUT2D eigenvalue weighted by Gasteiger charge is 2.06. The van der Waals surface area contributed by atoms with Gasteiger partial charge >= 0.3 is 0 Å². The molecular weight excluding hydrogens is 252 g/mol. The molecule has 0 aromatic rings. The van der Waals surface area contributed by atoms with Crippen LogP contribution >= 0.6 is 0 Å². The Morgan fingerprint density at radius 1 is 0.714 bits per heavy atom. The zero-order valence-electron chi connectivity index (χ0n) is 17.6. The van der Waals surface area contributed by atoms with Crippen molar-refractivity contribution in [3.05, 3.63) is 0 Å². The van der Waals surface area contributed by atoms with E-state index in [9.17, 15) is 0 Å². The lowest BCUT2D eigenvalue weighted by Gasteiger charge is -2.15. The van der Waals surface area contributed by atoms with Gasteiger partial charge in [0.25, 0.3) is 0 Å². The van der Waals surface area contributed by atoms with Crippen LogP contribution in [0.1, 0.15) is 109 Å². The van der Waals surface area contributed by atoms with Gasteiger partial charge in [-0.05, 0) is 41.9 Å². The summed E-state index contributed by atoms with van der Waals surface area (Å²) in [5.41, 5.74) is 0.550. The normalized spacial score (nSPS) is 12.7. The van der Waals surface area contributed by atoms with Crippen LogP contribution in [0.5, 0.6) is 0 Å². The van der Waals surface area contributed by atoms with Crippen molar-refractivity contribution in [2.45, 2.75) is 109 Å². The predicted molar refractivity (Wildman–Crippen MR) is 103 cm³/mol. The summed E-state index contributed by atoms with van der Waals surface area (Å²) in [5.74, 6) is 3.52. The first-order valence-electron chi connectivity index (χ1n) is 9.37. The van der Waals surface area contributed by atoms with Crippen molar-refractivity contribution in [1.82, 2.24) is 0 Å². The van der Waals surface area contributed by atoms with Gasteiger partial charge in [0.2, 0.25) is 0 Å². The van der Waals surface area contributed by atoms with Crippen LogP contribution in [-0.2, 0) is 0 Å². The van der Waals surface area contributed by atoms with Crippen LogP contribution in [0, 0.1) is 29.1 Å². The molecule has 0 heterocycles. The molecule has 21 heavy (non-hydrogen) atoms. The van der Waals surface area contributed by atoms with E-state index in [1.54, 1.807) is 0 Å². The molecule has 0 saturated carbocycles. The average molecular weight is 301 g/mol. The van der Waals surface area contributed by atoms with Gasteiger partial charge in [-0.15, -0.1) is 0 Å². The second kappa shape index (κ2) is 14.9. The molecule has 0 spiro atoms. The van der Waals surface area contributed by atoms with Crippen LogP contribution in [0.15, 0.2) is 0 Å². The largest absolute Gasteiger partial charge is 0.0654 e. The van der Waals surface area contributed by atoms with E-state index in [1.165, 1.54) is 25.7 Å². The minimum absolute atomic E-state index is 0.550. The van der Waals surface area contributed by atoms with E-state index in [2.05, 4.69) is 83.1 Å². The lowest BCUT2D eigenvalue weighted by molar-refractivity contribution is 0.373. The third-order valence-electron chi connectivity index (χ3n) is 3.72. The summed E-state index contributed by atoms with van der Waals surface area (Å²) in [6.45, 7) is 27.2. The summed E-state index contributed by atoms with van der Waals surface area (Å²) in [7, 11) is 0. The number of hydrogen-bond acceptors (Lipinski definition) is 0. The molecule has 0 nitrogen and oxygen atoms in total. The van der Waals surface area contributed by atoms with E-state index in [4.69, 9.17) is 0 Å². The van der Waals surface area contributed by atoms with Crippen molar-refractivity contribution in [3.63, 3.8) is 0 Å². The van der Waals surface area contributed by atoms with Crippen LogP contribution in [-0.4, -0.2) is 0 Å². The Morgan fingerprint density at radius 2 is 1.10 bits per heavy atom. The average Bonchev–Trinajstić information content (AvgIpc) is 2.25. The summed E-state index contributed by atoms with van der Waals surface area (Å²) in [4.78, 5) is 0. The standard InChI is InChI=1S/3C7H16/c1-6(2)5-7(3)4;1-5-6-7(2,3)4;1-5-7(4)6(2)3/h6-7H,5H2,1-4H3;5-6H2,1-4H3;6-7H,5H2,1-4H3. The molecule has 0 aromatic heterocycles. The van der Waals surface area contributed by atoms with Crippen molar-refractivity contribution in [3.8, 4) is 0 Å². The Bertz CT molecular complexity index is 175. The molecule has 0 heteroatoms. The molecule has 0 aliphatic heterocycles. The summed E-state index contributed by atoms with van der Waals surface area (Å²) < 4.78 is 0. The Balaban J connectivity index is -0.000000231. The fraction of sp³-hybridized carbons (Fsp3) is 1.00. The molecule has 0 aliphatic carbocycles. The van der Waals surface area contributed by atoms with E-state index in [0.29, 0.717) is 5.41 Å². The Hall–Kier alpha value is 0. The Labute approximate surface area is 138 Å². The molecular formula is C21H48. The van der Waals surface area contributed by atoms with E-state index >= 15 is 0 Å². The van der Waals surface area contributed by atoms with Crippen LogP contribution in [0.25, 0.3) is 0 Å². The van der Waals surface area contributed by atoms with E-state index in [-0.39, 0.29) is 0 Å². The molecule has 0 radical (unpaired) electrons. The van der Waals surface area contributed by atoms with Gasteiger partial charge in [0.1, 0.15) is 0 Å². The van der Waals surface area contributed by atoms with Gasteiger partial charge in [0.15, 0.2) is 0 Å². The SMILES string of the molecule is CC(C)CC(C)C.CCC(C)C(C)C.CCCC(C)(C)C. The first kappa shape index (κ1) is 25.9. The molecule has 132 valence electrons. The fourth-order valence-corrected chi connectivity index (χ4v) is 2.16. The smallest absolute Gasteiger partial charge is 0.0383 e. The Morgan fingerprint density at radius 3 is 1.10 bits per heavy atom. The molecule has 0 amide bonds. The Kier molecular flexibility index (Phi) is 18.4. The van der Waals surface area contributed by atoms with E-state index in [0.717, 1.165) is 23.7 Å². The lowest BCUT2D eigenvalue weighted by atomic mass is 9.91. The summed E-state index contributed by atoms with van der Waals surface area (Å²) in [5, 5.41) is 0. The monoisotopic (exact) mass is 300 g/mol. The number of hydrogen-bond donors (Lipinski definition) is 0. The maximum absolute atomic E-state index is 2.30. The van der Waals surface area contributed by atoms with Crippen molar-refractivity contribution < 1.29 is 0 Å². The molecule has 0 bridgehead atoms. The maximum atomic E-state index is 2.30. The molecule has 0 aromatic carbocycles. The predicted octanol–water partition coefficient (Wildman–Crippen LogP) is 8.21. The maximum Gasteiger partial charge on any atom is -0.0383 e. The van der Waals surface area contributed by atoms with Crippen molar-refractivity contribution in [2.24, 2.45) is 29.1 Å². The molecule has 0 aliphatic rings. The molecule has 0 N–H and O–H groups in total. The molecule has 0 fully saturated rings. The summed E-state index contributed by atoms with van der Waals surface area (Å²) >= 11 is 0. The second-order valence-electron chi connectivity index (χ2n) is 8.96. The molecule has 1 unspecified atom stereocenters. The van der Waals surface area contributed by atoms with Gasteiger partial charge < -0.3 is 0 Å².